The van der Waals surface area contributed by atoms with Crippen LogP contribution in [0.15, 0.2) is 0 Å². The van der Waals surface area contributed by atoms with Gasteiger partial charge in [0.15, 0.2) is 0 Å². The predicted octanol–water partition coefficient (Wildman–Crippen LogP) is -0.350. The number of methoxy groups -OCH3 is 1. The number of β-amino-alcohol motifs (C(OH)–C–C–N with tert-alkyl or cyclic N) is 1. The summed E-state index contributed by atoms with van der Waals surface area (Å²) in [5.74, 6) is 0.533. The van der Waals surface area contributed by atoms with Gasteiger partial charge in [0.2, 0.25) is 0 Å². The number of ether oxygens (including phenoxy) is 1. The van der Waals surface area contributed by atoms with Crippen molar-refractivity contribution in [2.75, 3.05) is 33.4 Å². The number of hydrogen-bond donors (Lipinski definition) is 1. The molecule has 2 rings (SSSR count). The van der Waals surface area contributed by atoms with Crippen molar-refractivity contribution in [1.29, 1.82) is 0 Å². The Hall–Kier alpha value is -0.160. The van der Waals surface area contributed by atoms with E-state index in [4.69, 9.17) is 4.74 Å². The van der Waals surface area contributed by atoms with Crippen molar-refractivity contribution >= 4 is 0 Å². The smallest absolute Gasteiger partial charge is 0.0812 e. The van der Waals surface area contributed by atoms with Crippen LogP contribution in [0, 0.1) is 5.92 Å². The average molecular weight is 199 g/mol. The Labute approximate surface area is 85.2 Å². The summed E-state index contributed by atoms with van der Waals surface area (Å²) in [6, 6.07) is 0. The van der Waals surface area contributed by atoms with E-state index in [1.165, 1.54) is 0 Å². The van der Waals surface area contributed by atoms with E-state index in [0.717, 1.165) is 39.1 Å². The largest absolute Gasteiger partial charge is 0.392 e. The lowest BCUT2D eigenvalue weighted by molar-refractivity contribution is 0.0831. The Kier molecular flexibility index (Phi) is 3.38. The maximum absolute atomic E-state index is 9.46. The standard InChI is InChI=1S/C10H19N2O2/c1-14-7-8-2-4-11-10(8)12-5-3-9(13)6-12/h8-10,13H,2-7H2,1H3. The lowest BCUT2D eigenvalue weighted by atomic mass is 10.1. The average Bonchev–Trinajstić information content (AvgIpc) is 2.74. The molecule has 0 spiro atoms. The molecule has 14 heavy (non-hydrogen) atoms. The van der Waals surface area contributed by atoms with Gasteiger partial charge < -0.3 is 9.84 Å². The topological polar surface area (TPSA) is 46.8 Å². The first-order chi connectivity index (χ1) is 6.81. The fraction of sp³-hybridized carbons (Fsp3) is 1.00. The molecule has 2 aliphatic rings. The van der Waals surface area contributed by atoms with Crippen LogP contribution < -0.4 is 5.32 Å². The molecular weight excluding hydrogens is 180 g/mol. The van der Waals surface area contributed by atoms with Crippen LogP contribution in [0.5, 0.6) is 0 Å². The molecule has 0 amide bonds. The molecule has 81 valence electrons. The van der Waals surface area contributed by atoms with E-state index in [-0.39, 0.29) is 6.10 Å². The molecular formula is C10H19N2O2. The maximum atomic E-state index is 9.46. The summed E-state index contributed by atoms with van der Waals surface area (Å²) in [6.45, 7) is 3.51. The minimum Gasteiger partial charge on any atom is -0.392 e. The quantitative estimate of drug-likeness (QED) is 0.676. The van der Waals surface area contributed by atoms with E-state index in [1.807, 2.05) is 0 Å². The van der Waals surface area contributed by atoms with Crippen molar-refractivity contribution in [3.8, 4) is 0 Å². The second-order valence-corrected chi connectivity index (χ2v) is 4.26. The lowest BCUT2D eigenvalue weighted by Crippen LogP contribution is -2.42. The van der Waals surface area contributed by atoms with Crippen molar-refractivity contribution in [2.24, 2.45) is 5.92 Å². The van der Waals surface area contributed by atoms with Crippen LogP contribution in [0.3, 0.4) is 0 Å². The van der Waals surface area contributed by atoms with Gasteiger partial charge in [0.05, 0.1) is 18.9 Å². The molecule has 0 aromatic rings. The zero-order valence-corrected chi connectivity index (χ0v) is 8.72. The molecule has 2 fully saturated rings. The van der Waals surface area contributed by atoms with Gasteiger partial charge in [-0.05, 0) is 12.8 Å². The molecule has 3 atom stereocenters. The summed E-state index contributed by atoms with van der Waals surface area (Å²) in [5.41, 5.74) is 0. The minimum atomic E-state index is -0.144. The normalized spacial score (nSPS) is 39.4. The Balaban J connectivity index is 1.89. The van der Waals surface area contributed by atoms with Gasteiger partial charge in [-0.3, -0.25) is 4.90 Å². The highest BCUT2D eigenvalue weighted by atomic mass is 16.5. The van der Waals surface area contributed by atoms with Crippen LogP contribution in [0.4, 0.5) is 0 Å². The number of nitrogens with zero attached hydrogens (tertiary/aromatic N) is 2. The van der Waals surface area contributed by atoms with Gasteiger partial charge in [-0.15, -0.1) is 0 Å². The van der Waals surface area contributed by atoms with Crippen LogP contribution in [0.2, 0.25) is 0 Å². The van der Waals surface area contributed by atoms with Gasteiger partial charge in [-0.25, -0.2) is 5.32 Å². The van der Waals surface area contributed by atoms with Crippen LogP contribution in [-0.4, -0.2) is 55.6 Å². The Bertz CT molecular complexity index is 189. The molecule has 4 nitrogen and oxygen atoms in total. The van der Waals surface area contributed by atoms with Gasteiger partial charge in [0.25, 0.3) is 0 Å². The molecule has 2 heterocycles. The number of aliphatic hydroxyl groups is 1. The van der Waals surface area contributed by atoms with E-state index < -0.39 is 0 Å². The Morgan fingerprint density at radius 2 is 2.36 bits per heavy atom. The summed E-state index contributed by atoms with van der Waals surface area (Å²) in [4.78, 5) is 2.29. The van der Waals surface area contributed by atoms with Gasteiger partial charge in [-0.1, -0.05) is 0 Å². The first-order valence-electron chi connectivity index (χ1n) is 5.39. The second kappa shape index (κ2) is 4.57. The van der Waals surface area contributed by atoms with Gasteiger partial charge in [0, 0.05) is 32.7 Å². The van der Waals surface area contributed by atoms with Crippen molar-refractivity contribution in [2.45, 2.75) is 25.1 Å². The molecule has 2 saturated heterocycles. The molecule has 0 aliphatic carbocycles. The third-order valence-electron chi connectivity index (χ3n) is 3.19. The van der Waals surface area contributed by atoms with Crippen LogP contribution >= 0.6 is 0 Å². The molecule has 3 unspecified atom stereocenters. The van der Waals surface area contributed by atoms with Crippen LogP contribution in [-0.2, 0) is 4.74 Å². The second-order valence-electron chi connectivity index (χ2n) is 4.26. The van der Waals surface area contributed by atoms with Crippen LogP contribution in [0.25, 0.3) is 0 Å². The van der Waals surface area contributed by atoms with E-state index in [9.17, 15) is 5.11 Å². The highest BCUT2D eigenvalue weighted by Crippen LogP contribution is 2.24. The number of aliphatic hydroxyl groups excluding tert-OH is 1. The number of rotatable bonds is 3. The van der Waals surface area contributed by atoms with Crippen molar-refractivity contribution in [3.05, 3.63) is 0 Å². The summed E-state index contributed by atoms with van der Waals surface area (Å²) in [7, 11) is 1.74. The molecule has 0 aromatic heterocycles. The first-order valence-corrected chi connectivity index (χ1v) is 5.39. The first kappa shape index (κ1) is 10.4. The van der Waals surface area contributed by atoms with Crippen molar-refractivity contribution in [3.63, 3.8) is 0 Å². The van der Waals surface area contributed by atoms with Gasteiger partial charge >= 0.3 is 0 Å². The highest BCUT2D eigenvalue weighted by molar-refractivity contribution is 4.88. The summed E-state index contributed by atoms with van der Waals surface area (Å²) >= 11 is 0. The maximum Gasteiger partial charge on any atom is 0.0812 e. The zero-order valence-electron chi connectivity index (χ0n) is 8.72. The van der Waals surface area contributed by atoms with Crippen LogP contribution in [0.1, 0.15) is 12.8 Å². The third-order valence-corrected chi connectivity index (χ3v) is 3.19. The Morgan fingerprint density at radius 1 is 1.50 bits per heavy atom. The van der Waals surface area contributed by atoms with E-state index >= 15 is 0 Å². The van der Waals surface area contributed by atoms with Crippen molar-refractivity contribution < 1.29 is 9.84 Å². The summed E-state index contributed by atoms with van der Waals surface area (Å²) in [5, 5.41) is 14.0. The number of hydrogen-bond acceptors (Lipinski definition) is 3. The molecule has 0 bridgehead atoms. The fourth-order valence-electron chi connectivity index (χ4n) is 2.48. The fourth-order valence-corrected chi connectivity index (χ4v) is 2.48. The summed E-state index contributed by atoms with van der Waals surface area (Å²) < 4.78 is 5.19. The highest BCUT2D eigenvalue weighted by Gasteiger charge is 2.36. The van der Waals surface area contributed by atoms with E-state index in [2.05, 4.69) is 10.2 Å². The monoisotopic (exact) mass is 199 g/mol. The molecule has 1 radical (unpaired) electrons. The van der Waals surface area contributed by atoms with Gasteiger partial charge in [0.1, 0.15) is 0 Å². The molecule has 0 saturated carbocycles. The van der Waals surface area contributed by atoms with Crippen molar-refractivity contribution in [1.82, 2.24) is 10.2 Å². The SMILES string of the molecule is COCC1CC[N]C1N1CCC(O)C1. The third kappa shape index (κ3) is 2.08. The Morgan fingerprint density at radius 3 is 3.00 bits per heavy atom. The number of likely N-dealkylation sites (tertiary alicyclic amines) is 1. The van der Waals surface area contributed by atoms with E-state index in [0.29, 0.717) is 12.1 Å². The molecule has 4 heteroatoms. The van der Waals surface area contributed by atoms with Gasteiger partial charge in [-0.2, -0.15) is 0 Å². The minimum absolute atomic E-state index is 0.144. The predicted molar refractivity (Wildman–Crippen MR) is 53.0 cm³/mol. The van der Waals surface area contributed by atoms with E-state index in [1.54, 1.807) is 7.11 Å². The molecule has 2 aliphatic heterocycles. The summed E-state index contributed by atoms with van der Waals surface area (Å²) in [6.07, 6.45) is 2.18. The molecule has 1 N–H and O–H groups in total. The zero-order chi connectivity index (χ0) is 9.97. The molecule has 0 aromatic carbocycles. The lowest BCUT2D eigenvalue weighted by Gasteiger charge is -2.27.